The molecule has 0 unspecified atom stereocenters. The molecular formula is C18H22N4O3. The molecule has 1 aromatic carbocycles. The van der Waals surface area contributed by atoms with E-state index in [9.17, 15) is 9.59 Å². The van der Waals surface area contributed by atoms with E-state index in [0.717, 1.165) is 6.54 Å². The summed E-state index contributed by atoms with van der Waals surface area (Å²) < 4.78 is 5.08. The second kappa shape index (κ2) is 8.79. The number of pyridine rings is 1. The highest BCUT2D eigenvalue weighted by Gasteiger charge is 2.12. The number of methoxy groups -OCH3 is 1. The molecule has 25 heavy (non-hydrogen) atoms. The minimum absolute atomic E-state index is 0.209. The molecule has 0 fully saturated rings. The molecule has 2 rings (SSSR count). The van der Waals surface area contributed by atoms with Crippen molar-refractivity contribution in [2.45, 2.75) is 0 Å². The zero-order valence-corrected chi connectivity index (χ0v) is 14.6. The van der Waals surface area contributed by atoms with Gasteiger partial charge < -0.3 is 20.3 Å². The van der Waals surface area contributed by atoms with Crippen LogP contribution in [0.5, 0.6) is 5.75 Å². The Morgan fingerprint density at radius 2 is 1.84 bits per heavy atom. The SMILES string of the molecule is COc1ccc(NC(=O)c2ccnc(C(=O)NCCN(C)C)c2)cc1. The summed E-state index contributed by atoms with van der Waals surface area (Å²) in [6.45, 7) is 1.24. The third-order valence-corrected chi connectivity index (χ3v) is 3.45. The first kappa shape index (κ1) is 18.4. The van der Waals surface area contributed by atoms with Crippen LogP contribution in [0.15, 0.2) is 42.6 Å². The van der Waals surface area contributed by atoms with Gasteiger partial charge in [-0.05, 0) is 50.5 Å². The van der Waals surface area contributed by atoms with E-state index in [2.05, 4.69) is 15.6 Å². The Kier molecular flexibility index (Phi) is 6.47. The molecule has 7 nitrogen and oxygen atoms in total. The highest BCUT2D eigenvalue weighted by molar-refractivity contribution is 6.05. The molecule has 132 valence electrons. The van der Waals surface area contributed by atoms with E-state index in [1.54, 1.807) is 37.4 Å². The Morgan fingerprint density at radius 1 is 1.12 bits per heavy atom. The van der Waals surface area contributed by atoms with Crippen molar-refractivity contribution in [2.75, 3.05) is 39.6 Å². The fraction of sp³-hybridized carbons (Fsp3) is 0.278. The molecule has 1 aromatic heterocycles. The van der Waals surface area contributed by atoms with E-state index in [1.165, 1.54) is 12.3 Å². The maximum atomic E-state index is 12.3. The largest absolute Gasteiger partial charge is 0.497 e. The number of aromatic nitrogens is 1. The maximum absolute atomic E-state index is 12.3. The standard InChI is InChI=1S/C18H22N4O3/c1-22(2)11-10-20-18(24)16-12-13(8-9-19-16)17(23)21-14-4-6-15(25-3)7-5-14/h4-9,12H,10-11H2,1-3H3,(H,20,24)(H,21,23). The number of likely N-dealkylation sites (N-methyl/N-ethyl adjacent to an activating group) is 1. The van der Waals surface area contributed by atoms with Gasteiger partial charge in [-0.2, -0.15) is 0 Å². The van der Waals surface area contributed by atoms with Gasteiger partial charge in [0.25, 0.3) is 11.8 Å². The van der Waals surface area contributed by atoms with Crippen molar-refractivity contribution in [3.05, 3.63) is 53.9 Å². The molecule has 0 saturated carbocycles. The lowest BCUT2D eigenvalue weighted by atomic mass is 10.2. The number of hydrogen-bond donors (Lipinski definition) is 2. The van der Waals surface area contributed by atoms with Crippen LogP contribution in [-0.4, -0.2) is 56.0 Å². The van der Waals surface area contributed by atoms with Crippen LogP contribution < -0.4 is 15.4 Å². The topological polar surface area (TPSA) is 83.6 Å². The average Bonchev–Trinajstić information content (AvgIpc) is 2.62. The number of carbonyl (C=O) groups is 2. The van der Waals surface area contributed by atoms with Crippen LogP contribution in [0, 0.1) is 0 Å². The number of rotatable bonds is 7. The van der Waals surface area contributed by atoms with Crippen molar-refractivity contribution in [2.24, 2.45) is 0 Å². The van der Waals surface area contributed by atoms with Crippen molar-refractivity contribution in [3.63, 3.8) is 0 Å². The van der Waals surface area contributed by atoms with Crippen LogP contribution in [0.2, 0.25) is 0 Å². The first-order valence-electron chi connectivity index (χ1n) is 7.84. The van der Waals surface area contributed by atoms with E-state index >= 15 is 0 Å². The molecule has 0 aliphatic carbocycles. The monoisotopic (exact) mass is 342 g/mol. The van der Waals surface area contributed by atoms with E-state index in [1.807, 2.05) is 19.0 Å². The molecule has 1 heterocycles. The first-order chi connectivity index (χ1) is 12.0. The molecule has 2 aromatic rings. The van der Waals surface area contributed by atoms with E-state index in [0.29, 0.717) is 23.5 Å². The summed E-state index contributed by atoms with van der Waals surface area (Å²) in [7, 11) is 5.43. The van der Waals surface area contributed by atoms with Crippen molar-refractivity contribution in [1.29, 1.82) is 0 Å². The summed E-state index contributed by atoms with van der Waals surface area (Å²) in [6, 6.07) is 10.0. The van der Waals surface area contributed by atoms with Gasteiger partial charge in [0.05, 0.1) is 7.11 Å². The number of amides is 2. The normalized spacial score (nSPS) is 10.4. The number of anilines is 1. The van der Waals surface area contributed by atoms with E-state index in [-0.39, 0.29) is 17.5 Å². The van der Waals surface area contributed by atoms with Gasteiger partial charge in [-0.15, -0.1) is 0 Å². The van der Waals surface area contributed by atoms with Gasteiger partial charge in [0, 0.05) is 30.5 Å². The third kappa shape index (κ3) is 5.58. The van der Waals surface area contributed by atoms with Crippen molar-refractivity contribution < 1.29 is 14.3 Å². The summed E-state index contributed by atoms with van der Waals surface area (Å²) in [4.78, 5) is 30.4. The number of benzene rings is 1. The molecule has 2 amide bonds. The minimum atomic E-state index is -0.310. The van der Waals surface area contributed by atoms with Gasteiger partial charge in [-0.3, -0.25) is 14.6 Å². The van der Waals surface area contributed by atoms with E-state index < -0.39 is 0 Å². The van der Waals surface area contributed by atoms with Crippen LogP contribution in [0.25, 0.3) is 0 Å². The van der Waals surface area contributed by atoms with Gasteiger partial charge >= 0.3 is 0 Å². The number of hydrogen-bond acceptors (Lipinski definition) is 5. The van der Waals surface area contributed by atoms with Crippen LogP contribution in [0.1, 0.15) is 20.8 Å². The predicted octanol–water partition coefficient (Wildman–Crippen LogP) is 1.63. The molecule has 0 saturated heterocycles. The summed E-state index contributed by atoms with van der Waals surface area (Å²) in [6.07, 6.45) is 1.45. The van der Waals surface area contributed by atoms with Gasteiger partial charge in [-0.25, -0.2) is 0 Å². The van der Waals surface area contributed by atoms with Crippen LogP contribution >= 0.6 is 0 Å². The average molecular weight is 342 g/mol. The Labute approximate surface area is 147 Å². The highest BCUT2D eigenvalue weighted by Crippen LogP contribution is 2.16. The fourth-order valence-electron chi connectivity index (χ4n) is 2.06. The van der Waals surface area contributed by atoms with Crippen LogP contribution in [0.3, 0.4) is 0 Å². The lowest BCUT2D eigenvalue weighted by molar-refractivity contribution is 0.0946. The van der Waals surface area contributed by atoms with Crippen LogP contribution in [-0.2, 0) is 0 Å². The second-order valence-corrected chi connectivity index (χ2v) is 5.67. The molecule has 0 atom stereocenters. The van der Waals surface area contributed by atoms with E-state index in [4.69, 9.17) is 4.74 Å². The minimum Gasteiger partial charge on any atom is -0.497 e. The molecule has 0 radical (unpaired) electrons. The quantitative estimate of drug-likeness (QED) is 0.799. The van der Waals surface area contributed by atoms with Gasteiger partial charge in [0.15, 0.2) is 0 Å². The zero-order chi connectivity index (χ0) is 18.2. The summed E-state index contributed by atoms with van der Waals surface area (Å²) in [5.74, 6) is 0.0921. The number of carbonyl (C=O) groups excluding carboxylic acids is 2. The predicted molar refractivity (Wildman–Crippen MR) is 96.1 cm³/mol. The summed E-state index contributed by atoms with van der Waals surface area (Å²) in [5.41, 5.74) is 1.21. The van der Waals surface area contributed by atoms with Crippen molar-refractivity contribution in [1.82, 2.24) is 15.2 Å². The Balaban J connectivity index is 2.01. The molecule has 0 aliphatic rings. The number of ether oxygens (including phenoxy) is 1. The fourth-order valence-corrected chi connectivity index (χ4v) is 2.06. The Bertz CT molecular complexity index is 729. The lowest BCUT2D eigenvalue weighted by Gasteiger charge is -2.10. The van der Waals surface area contributed by atoms with Crippen LogP contribution in [0.4, 0.5) is 5.69 Å². The van der Waals surface area contributed by atoms with Gasteiger partial charge in [0.2, 0.25) is 0 Å². The summed E-state index contributed by atoms with van der Waals surface area (Å²) in [5, 5.41) is 5.54. The second-order valence-electron chi connectivity index (χ2n) is 5.67. The molecule has 7 heteroatoms. The lowest BCUT2D eigenvalue weighted by Crippen LogP contribution is -2.32. The maximum Gasteiger partial charge on any atom is 0.269 e. The Hall–Kier alpha value is -2.93. The van der Waals surface area contributed by atoms with Gasteiger partial charge in [0.1, 0.15) is 11.4 Å². The van der Waals surface area contributed by atoms with Crippen molar-refractivity contribution in [3.8, 4) is 5.75 Å². The molecule has 0 spiro atoms. The highest BCUT2D eigenvalue weighted by atomic mass is 16.5. The molecule has 2 N–H and O–H groups in total. The van der Waals surface area contributed by atoms with Gasteiger partial charge in [-0.1, -0.05) is 0 Å². The number of nitrogens with one attached hydrogen (secondary N) is 2. The Morgan fingerprint density at radius 3 is 2.48 bits per heavy atom. The smallest absolute Gasteiger partial charge is 0.269 e. The zero-order valence-electron chi connectivity index (χ0n) is 14.6. The molecule has 0 bridgehead atoms. The third-order valence-electron chi connectivity index (χ3n) is 3.45. The van der Waals surface area contributed by atoms with Crippen molar-refractivity contribution >= 4 is 17.5 Å². The number of nitrogens with zero attached hydrogens (tertiary/aromatic N) is 2. The molecule has 0 aliphatic heterocycles. The molecular weight excluding hydrogens is 320 g/mol. The first-order valence-corrected chi connectivity index (χ1v) is 7.84. The summed E-state index contributed by atoms with van der Waals surface area (Å²) >= 11 is 0.